The summed E-state index contributed by atoms with van der Waals surface area (Å²) in [6, 6.07) is 3.32. The van der Waals surface area contributed by atoms with Crippen LogP contribution in [-0.2, 0) is 14.8 Å². The van der Waals surface area contributed by atoms with Crippen LogP contribution in [-0.4, -0.2) is 53.7 Å². The van der Waals surface area contributed by atoms with Crippen molar-refractivity contribution in [3.8, 4) is 0 Å². The molecule has 18 heavy (non-hydrogen) atoms. The molecule has 1 aromatic heterocycles. The van der Waals surface area contributed by atoms with Gasteiger partial charge in [-0.3, -0.25) is 0 Å². The minimum atomic E-state index is -3.38. The number of hydrogen-bond donors (Lipinski definition) is 1. The van der Waals surface area contributed by atoms with Gasteiger partial charge in [-0.05, 0) is 35.1 Å². The van der Waals surface area contributed by atoms with Crippen LogP contribution in [0.1, 0.15) is 0 Å². The molecule has 0 unspecified atom stereocenters. The topological polar surface area (TPSA) is 58.6 Å². The number of halogens is 1. The summed E-state index contributed by atoms with van der Waals surface area (Å²) in [5, 5.41) is 0. The van der Waals surface area contributed by atoms with E-state index in [-0.39, 0.29) is 0 Å². The van der Waals surface area contributed by atoms with E-state index in [0.717, 1.165) is 10.3 Å². The molecule has 0 aliphatic heterocycles. The molecule has 0 amide bonds. The van der Waals surface area contributed by atoms with E-state index in [9.17, 15) is 8.42 Å². The van der Waals surface area contributed by atoms with E-state index in [4.69, 9.17) is 4.74 Å². The predicted octanol–water partition coefficient (Wildman–Crippen LogP) is 1.37. The molecule has 0 aliphatic carbocycles. The fourth-order valence-corrected chi connectivity index (χ4v) is 4.32. The van der Waals surface area contributed by atoms with Crippen molar-refractivity contribution in [3.05, 3.63) is 15.9 Å². The molecule has 1 N–H and O–H groups in total. The van der Waals surface area contributed by atoms with E-state index in [2.05, 4.69) is 20.7 Å². The predicted molar refractivity (Wildman–Crippen MR) is 76.6 cm³/mol. The standard InChI is InChI=1S/C10H17BrN2O3S2/c1-13(7-8-16-2)6-5-12-18(14,15)10-4-3-9(11)17-10/h3-4,12H,5-8H2,1-2H3. The van der Waals surface area contributed by atoms with Gasteiger partial charge in [0.05, 0.1) is 10.4 Å². The summed E-state index contributed by atoms with van der Waals surface area (Å²) >= 11 is 4.45. The zero-order chi connectivity index (χ0) is 13.6. The highest BCUT2D eigenvalue weighted by Gasteiger charge is 2.15. The van der Waals surface area contributed by atoms with Crippen LogP contribution in [0.15, 0.2) is 20.1 Å². The van der Waals surface area contributed by atoms with Crippen molar-refractivity contribution in [2.45, 2.75) is 4.21 Å². The number of methoxy groups -OCH3 is 1. The largest absolute Gasteiger partial charge is 0.383 e. The second kappa shape index (κ2) is 7.56. The third kappa shape index (κ3) is 5.33. The van der Waals surface area contributed by atoms with Gasteiger partial charge in [0.15, 0.2) is 0 Å². The summed E-state index contributed by atoms with van der Waals surface area (Å²) < 4.78 is 32.4. The third-order valence-electron chi connectivity index (χ3n) is 2.28. The number of nitrogens with zero attached hydrogens (tertiary/aromatic N) is 1. The van der Waals surface area contributed by atoms with E-state index in [1.807, 2.05) is 11.9 Å². The van der Waals surface area contributed by atoms with Crippen LogP contribution < -0.4 is 4.72 Å². The van der Waals surface area contributed by atoms with Crippen molar-refractivity contribution in [2.75, 3.05) is 40.4 Å². The fraction of sp³-hybridized carbons (Fsp3) is 0.600. The van der Waals surface area contributed by atoms with Gasteiger partial charge in [-0.2, -0.15) is 0 Å². The Morgan fingerprint density at radius 1 is 1.44 bits per heavy atom. The first kappa shape index (κ1) is 16.1. The zero-order valence-electron chi connectivity index (χ0n) is 10.3. The van der Waals surface area contributed by atoms with Crippen molar-refractivity contribution in [3.63, 3.8) is 0 Å². The molecule has 0 saturated carbocycles. The molecule has 0 radical (unpaired) electrons. The van der Waals surface area contributed by atoms with Gasteiger partial charge < -0.3 is 9.64 Å². The molecule has 1 heterocycles. The summed E-state index contributed by atoms with van der Waals surface area (Å²) in [4.78, 5) is 2.01. The Morgan fingerprint density at radius 2 is 2.17 bits per heavy atom. The SMILES string of the molecule is COCCN(C)CCNS(=O)(=O)c1ccc(Br)s1. The maximum absolute atomic E-state index is 11.9. The van der Waals surface area contributed by atoms with E-state index < -0.39 is 10.0 Å². The maximum atomic E-state index is 11.9. The molecule has 8 heteroatoms. The van der Waals surface area contributed by atoms with Gasteiger partial charge in [0, 0.05) is 26.7 Å². The maximum Gasteiger partial charge on any atom is 0.250 e. The van der Waals surface area contributed by atoms with Crippen molar-refractivity contribution in [2.24, 2.45) is 0 Å². The number of thiophene rings is 1. The van der Waals surface area contributed by atoms with E-state index >= 15 is 0 Å². The molecule has 104 valence electrons. The van der Waals surface area contributed by atoms with Gasteiger partial charge >= 0.3 is 0 Å². The summed E-state index contributed by atoms with van der Waals surface area (Å²) in [7, 11) is 0.195. The van der Waals surface area contributed by atoms with Gasteiger partial charge in [-0.25, -0.2) is 13.1 Å². The van der Waals surface area contributed by atoms with Crippen molar-refractivity contribution in [1.29, 1.82) is 0 Å². The average molecular weight is 357 g/mol. The highest BCUT2D eigenvalue weighted by molar-refractivity contribution is 9.11. The highest BCUT2D eigenvalue weighted by Crippen LogP contribution is 2.25. The van der Waals surface area contributed by atoms with Crippen LogP contribution >= 0.6 is 27.3 Å². The van der Waals surface area contributed by atoms with Crippen LogP contribution in [0, 0.1) is 0 Å². The number of rotatable bonds is 8. The minimum absolute atomic E-state index is 0.328. The first-order valence-corrected chi connectivity index (χ1v) is 8.47. The Hall–Kier alpha value is 0.01000. The lowest BCUT2D eigenvalue weighted by Crippen LogP contribution is -2.34. The monoisotopic (exact) mass is 356 g/mol. The Bertz CT molecular complexity index is 461. The summed E-state index contributed by atoms with van der Waals surface area (Å²) in [6.07, 6.45) is 0. The first-order valence-electron chi connectivity index (χ1n) is 5.38. The zero-order valence-corrected chi connectivity index (χ0v) is 13.6. The van der Waals surface area contributed by atoms with Gasteiger partial charge in [-0.1, -0.05) is 0 Å². The smallest absolute Gasteiger partial charge is 0.250 e. The molecule has 0 aromatic carbocycles. The number of nitrogens with one attached hydrogen (secondary N) is 1. The van der Waals surface area contributed by atoms with Crippen LogP contribution in [0.25, 0.3) is 0 Å². The Kier molecular flexibility index (Phi) is 6.75. The Morgan fingerprint density at radius 3 is 2.72 bits per heavy atom. The number of sulfonamides is 1. The quantitative estimate of drug-likeness (QED) is 0.764. The number of likely N-dealkylation sites (N-methyl/N-ethyl adjacent to an activating group) is 1. The van der Waals surface area contributed by atoms with Crippen molar-refractivity contribution >= 4 is 37.3 Å². The number of hydrogen-bond acceptors (Lipinski definition) is 5. The van der Waals surface area contributed by atoms with Gasteiger partial charge in [0.25, 0.3) is 0 Å². The highest BCUT2D eigenvalue weighted by atomic mass is 79.9. The second-order valence-electron chi connectivity index (χ2n) is 3.75. The normalized spacial score (nSPS) is 12.2. The Labute approximate surface area is 120 Å². The lowest BCUT2D eigenvalue weighted by Gasteiger charge is -2.15. The molecule has 5 nitrogen and oxygen atoms in total. The summed E-state index contributed by atoms with van der Waals surface area (Å²) in [5.74, 6) is 0. The van der Waals surface area contributed by atoms with Crippen molar-refractivity contribution < 1.29 is 13.2 Å². The van der Waals surface area contributed by atoms with Crippen LogP contribution in [0.4, 0.5) is 0 Å². The molecule has 0 spiro atoms. The van der Waals surface area contributed by atoms with E-state index in [0.29, 0.717) is 23.9 Å². The van der Waals surface area contributed by atoms with Crippen molar-refractivity contribution in [1.82, 2.24) is 9.62 Å². The molecular weight excluding hydrogens is 340 g/mol. The molecular formula is C10H17BrN2O3S2. The summed E-state index contributed by atoms with van der Waals surface area (Å²) in [6.45, 7) is 2.46. The van der Waals surface area contributed by atoms with E-state index in [1.165, 1.54) is 11.3 Å². The van der Waals surface area contributed by atoms with Gasteiger partial charge in [-0.15, -0.1) is 11.3 Å². The molecule has 0 fully saturated rings. The molecule has 1 rings (SSSR count). The molecule has 0 bridgehead atoms. The summed E-state index contributed by atoms with van der Waals surface area (Å²) in [5.41, 5.74) is 0. The van der Waals surface area contributed by atoms with E-state index in [1.54, 1.807) is 19.2 Å². The molecule has 0 atom stereocenters. The molecule has 0 aliphatic rings. The number of ether oxygens (including phenoxy) is 1. The van der Waals surface area contributed by atoms with Crippen LogP contribution in [0.5, 0.6) is 0 Å². The van der Waals surface area contributed by atoms with Crippen LogP contribution in [0.2, 0.25) is 0 Å². The third-order valence-corrected chi connectivity index (χ3v) is 5.85. The molecule has 1 aromatic rings. The van der Waals surface area contributed by atoms with Crippen LogP contribution in [0.3, 0.4) is 0 Å². The molecule has 0 saturated heterocycles. The van der Waals surface area contributed by atoms with Gasteiger partial charge in [0.1, 0.15) is 4.21 Å². The minimum Gasteiger partial charge on any atom is -0.383 e. The van der Waals surface area contributed by atoms with Gasteiger partial charge in [0.2, 0.25) is 10.0 Å². The fourth-order valence-electron chi connectivity index (χ4n) is 1.24. The lowest BCUT2D eigenvalue weighted by molar-refractivity contribution is 0.162. The Balaban J connectivity index is 2.39. The second-order valence-corrected chi connectivity index (χ2v) is 8.21. The average Bonchev–Trinajstić information content (AvgIpc) is 2.73. The lowest BCUT2D eigenvalue weighted by atomic mass is 10.5. The first-order chi connectivity index (χ1) is 8.45.